The van der Waals surface area contributed by atoms with E-state index in [1.54, 1.807) is 26.2 Å². The number of nitrogens with one attached hydrogen (secondary N) is 2. The summed E-state index contributed by atoms with van der Waals surface area (Å²) >= 11 is 9.01. The molecule has 6 aromatic rings. The molecule has 1 fully saturated rings. The van der Waals surface area contributed by atoms with Gasteiger partial charge in [-0.3, -0.25) is 14.5 Å². The van der Waals surface area contributed by atoms with Gasteiger partial charge in [-0.05, 0) is 68.0 Å². The highest BCUT2D eigenvalue weighted by atomic mass is 35.5. The second kappa shape index (κ2) is 20.2. The maximum atomic E-state index is 14.6. The van der Waals surface area contributed by atoms with E-state index in [0.29, 0.717) is 16.5 Å². The fourth-order valence-electron chi connectivity index (χ4n) is 7.92. The van der Waals surface area contributed by atoms with Gasteiger partial charge in [-0.15, -0.1) is 34.7 Å². The second-order valence-corrected chi connectivity index (χ2v) is 19.8. The Hall–Kier alpha value is -6.74. The molecule has 2 atom stereocenters. The molecule has 2 aliphatic heterocycles. The number of carbonyl (C=O) groups is 4. The number of ether oxygens (including phenoxy) is 2. The number of thiazole rings is 1. The highest BCUT2D eigenvalue weighted by Crippen LogP contribution is 2.43. The summed E-state index contributed by atoms with van der Waals surface area (Å²) in [5.74, 6) is -2.49. The van der Waals surface area contributed by atoms with Crippen LogP contribution in [0.15, 0.2) is 173 Å². The molecule has 5 aromatic carbocycles. The van der Waals surface area contributed by atoms with Crippen LogP contribution in [-0.2, 0) is 39.0 Å². The Bertz CT molecular complexity index is 2680. The number of rotatable bonds is 16. The molecular formula is C53H50ClN5O7S2. The third kappa shape index (κ3) is 10.1. The molecule has 68 heavy (non-hydrogen) atoms. The Morgan fingerprint density at radius 2 is 1.28 bits per heavy atom. The average Bonchev–Trinajstić information content (AvgIpc) is 3.82. The monoisotopic (exact) mass is 967 g/mol. The summed E-state index contributed by atoms with van der Waals surface area (Å²) in [5.41, 5.74) is 1.27. The van der Waals surface area contributed by atoms with Crippen LogP contribution in [0.1, 0.15) is 74.2 Å². The van der Waals surface area contributed by atoms with Gasteiger partial charge in [0, 0.05) is 17.0 Å². The number of carbonyl (C=O) groups excluding carboxylic acids is 4. The van der Waals surface area contributed by atoms with Gasteiger partial charge >= 0.3 is 11.9 Å². The zero-order valence-corrected chi connectivity index (χ0v) is 40.4. The van der Waals surface area contributed by atoms with Crippen molar-refractivity contribution in [1.29, 1.82) is 0 Å². The average molecular weight is 969 g/mol. The largest absolute Gasteiger partial charge is 0.457 e. The molecule has 2 N–H and O–H groups in total. The van der Waals surface area contributed by atoms with Crippen molar-refractivity contribution < 1.29 is 33.5 Å². The summed E-state index contributed by atoms with van der Waals surface area (Å²) in [6.45, 7) is 8.16. The van der Waals surface area contributed by atoms with Gasteiger partial charge in [0.15, 0.2) is 16.9 Å². The Balaban J connectivity index is 1.10. The van der Waals surface area contributed by atoms with Gasteiger partial charge in [-0.1, -0.05) is 157 Å². The van der Waals surface area contributed by atoms with Gasteiger partial charge in [-0.25, -0.2) is 14.6 Å². The SMILES string of the molecule is CC(C)(C)OC(=O)C(C)(C)ON=C(C(=O)NC1C(=O)N2C(C(=O)OC(c3ccccc3)c3ccccc3)=C(CCl)CS[C@H]12)c1csc(NC(c2ccccc2)(c2ccccc2)c2ccccc2)n1. The summed E-state index contributed by atoms with van der Waals surface area (Å²) < 4.78 is 11.8. The predicted octanol–water partition coefficient (Wildman–Crippen LogP) is 9.61. The van der Waals surface area contributed by atoms with Crippen molar-refractivity contribution in [3.63, 3.8) is 0 Å². The second-order valence-electron chi connectivity index (χ2n) is 17.6. The molecule has 348 valence electrons. The molecule has 15 heteroatoms. The molecule has 1 saturated heterocycles. The lowest BCUT2D eigenvalue weighted by Gasteiger charge is -2.49. The lowest BCUT2D eigenvalue weighted by molar-refractivity contribution is -0.179. The molecule has 8 rings (SSSR count). The van der Waals surface area contributed by atoms with Crippen LogP contribution in [0.5, 0.6) is 0 Å². The number of oxime groups is 1. The molecule has 3 heterocycles. The van der Waals surface area contributed by atoms with E-state index in [2.05, 4.69) is 15.8 Å². The molecule has 0 spiro atoms. The number of hydrogen-bond acceptors (Lipinski definition) is 12. The van der Waals surface area contributed by atoms with Crippen molar-refractivity contribution in [2.24, 2.45) is 5.16 Å². The number of halogens is 1. The maximum absolute atomic E-state index is 14.6. The smallest absolute Gasteiger partial charge is 0.356 e. The lowest BCUT2D eigenvalue weighted by atomic mass is 9.77. The van der Waals surface area contributed by atoms with Crippen molar-refractivity contribution in [2.45, 2.75) is 68.9 Å². The van der Waals surface area contributed by atoms with Crippen LogP contribution in [0.3, 0.4) is 0 Å². The van der Waals surface area contributed by atoms with Crippen molar-refractivity contribution in [3.05, 3.63) is 202 Å². The summed E-state index contributed by atoms with van der Waals surface area (Å²) in [5, 5.41) is 12.3. The number of β-lactam (4-membered cyclic amide) rings is 1. The Kier molecular flexibility index (Phi) is 14.2. The molecule has 1 aromatic heterocycles. The fraction of sp³-hybridized carbons (Fsp3) is 0.245. The number of esters is 2. The van der Waals surface area contributed by atoms with Crippen LogP contribution < -0.4 is 10.6 Å². The van der Waals surface area contributed by atoms with E-state index in [1.807, 2.05) is 152 Å². The Morgan fingerprint density at radius 3 is 1.76 bits per heavy atom. The van der Waals surface area contributed by atoms with E-state index in [-0.39, 0.29) is 23.0 Å². The minimum Gasteiger partial charge on any atom is -0.457 e. The number of amides is 2. The van der Waals surface area contributed by atoms with Crippen LogP contribution in [0.4, 0.5) is 5.13 Å². The molecule has 0 bridgehead atoms. The summed E-state index contributed by atoms with van der Waals surface area (Å²) in [6.07, 6.45) is -0.770. The summed E-state index contributed by atoms with van der Waals surface area (Å²) in [6, 6.07) is 47.5. The topological polar surface area (TPSA) is 149 Å². The molecule has 2 amide bonds. The number of fused-ring (bicyclic) bond motifs is 1. The van der Waals surface area contributed by atoms with Crippen LogP contribution in [0.2, 0.25) is 0 Å². The van der Waals surface area contributed by atoms with Gasteiger partial charge in [0.25, 0.3) is 11.8 Å². The zero-order valence-electron chi connectivity index (χ0n) is 38.1. The molecule has 1 unspecified atom stereocenters. The van der Waals surface area contributed by atoms with Crippen molar-refractivity contribution in [1.82, 2.24) is 15.2 Å². The molecule has 2 aliphatic rings. The van der Waals surface area contributed by atoms with Gasteiger partial charge in [0.2, 0.25) is 5.60 Å². The van der Waals surface area contributed by atoms with Crippen LogP contribution in [0, 0.1) is 0 Å². The van der Waals surface area contributed by atoms with Crippen LogP contribution >= 0.6 is 34.7 Å². The van der Waals surface area contributed by atoms with Crippen molar-refractivity contribution in [3.8, 4) is 0 Å². The van der Waals surface area contributed by atoms with E-state index in [9.17, 15) is 19.2 Å². The maximum Gasteiger partial charge on any atom is 0.356 e. The number of thioether (sulfide) groups is 1. The van der Waals surface area contributed by atoms with Gasteiger partial charge in [0.05, 0.1) is 0 Å². The van der Waals surface area contributed by atoms with Crippen molar-refractivity contribution in [2.75, 3.05) is 16.9 Å². The lowest BCUT2D eigenvalue weighted by Crippen LogP contribution is -2.71. The van der Waals surface area contributed by atoms with Gasteiger partial charge in [0.1, 0.15) is 33.9 Å². The minimum atomic E-state index is -1.64. The van der Waals surface area contributed by atoms with Crippen LogP contribution in [0.25, 0.3) is 0 Å². The summed E-state index contributed by atoms with van der Waals surface area (Å²) in [7, 11) is 0. The minimum absolute atomic E-state index is 0.0197. The number of aromatic nitrogens is 1. The number of benzene rings is 5. The first-order valence-electron chi connectivity index (χ1n) is 21.9. The van der Waals surface area contributed by atoms with E-state index in [0.717, 1.165) is 27.8 Å². The van der Waals surface area contributed by atoms with Gasteiger partial charge in [-0.2, -0.15) is 0 Å². The van der Waals surface area contributed by atoms with E-state index >= 15 is 0 Å². The van der Waals surface area contributed by atoms with Crippen LogP contribution in [-0.4, -0.2) is 73.6 Å². The fourth-order valence-corrected chi connectivity index (χ4v) is 10.3. The number of nitrogens with zero attached hydrogens (tertiary/aromatic N) is 3. The predicted molar refractivity (Wildman–Crippen MR) is 266 cm³/mol. The highest BCUT2D eigenvalue weighted by molar-refractivity contribution is 8.00. The number of anilines is 1. The third-order valence-corrected chi connectivity index (χ3v) is 13.7. The first-order chi connectivity index (χ1) is 32.7. The van der Waals surface area contributed by atoms with Gasteiger partial charge < -0.3 is 24.9 Å². The Labute approximate surface area is 408 Å². The molecule has 0 radical (unpaired) electrons. The van der Waals surface area contributed by atoms with Crippen molar-refractivity contribution >= 4 is 69.3 Å². The standard InChI is InChI=1S/C53H50ClN5O7S2/c1-51(2,3)65-49(63)52(4,5)66-58-41(40-33-68-50(55-40)57-53(37-25-15-8-16-26-37,38-27-17-9-18-28-38)39-29-19-10-20-30-39)45(60)56-42-46(61)59-43(36(31-54)32-67-47(42)59)48(62)64-44(34-21-11-6-12-22-34)35-23-13-7-14-24-35/h6-30,33,42,44,47H,31-32H2,1-5H3,(H,55,57)(H,56,60)/t42?,47-/m1/s1. The zero-order chi connectivity index (χ0) is 48.1. The molecule has 0 aliphatic carbocycles. The third-order valence-electron chi connectivity index (χ3n) is 11.3. The molecule has 0 saturated carbocycles. The summed E-state index contributed by atoms with van der Waals surface area (Å²) in [4.78, 5) is 68.6. The highest BCUT2D eigenvalue weighted by Gasteiger charge is 2.55. The Morgan fingerprint density at radius 1 is 0.779 bits per heavy atom. The quantitative estimate of drug-likeness (QED) is 0.0240. The molecule has 12 nitrogen and oxygen atoms in total. The number of alkyl halides is 1. The van der Waals surface area contributed by atoms with E-state index in [4.69, 9.17) is 30.9 Å². The first-order valence-corrected chi connectivity index (χ1v) is 24.4. The van der Waals surface area contributed by atoms with E-state index < -0.39 is 58.0 Å². The van der Waals surface area contributed by atoms with E-state index in [1.165, 1.54) is 41.8 Å². The normalized spacial score (nSPS) is 16.4. The molecular weight excluding hydrogens is 918 g/mol. The first kappa shape index (κ1) is 47.7. The number of hydrogen-bond donors (Lipinski definition) is 2.